The quantitative estimate of drug-likeness (QED) is 0.328. The van der Waals surface area contributed by atoms with Crippen LogP contribution in [0.25, 0.3) is 10.4 Å². The van der Waals surface area contributed by atoms with Gasteiger partial charge in [0.1, 0.15) is 5.76 Å². The van der Waals surface area contributed by atoms with Gasteiger partial charge in [-0.15, -0.1) is 0 Å². The van der Waals surface area contributed by atoms with Crippen LogP contribution in [-0.2, 0) is 9.53 Å². The molecule has 0 heterocycles. The summed E-state index contributed by atoms with van der Waals surface area (Å²) in [5.41, 5.74) is 7.95. The number of ether oxygens (including phenoxy) is 1. The topological polar surface area (TPSA) is 95.3 Å². The van der Waals surface area contributed by atoms with Crippen LogP contribution >= 0.6 is 0 Å². The minimum absolute atomic E-state index is 0.0347. The molecule has 0 saturated carbocycles. The van der Waals surface area contributed by atoms with E-state index in [2.05, 4.69) is 14.8 Å². The van der Waals surface area contributed by atoms with E-state index < -0.39 is 11.5 Å². The van der Waals surface area contributed by atoms with Crippen molar-refractivity contribution in [3.05, 3.63) is 21.8 Å². The van der Waals surface area contributed by atoms with Crippen molar-refractivity contribution in [3.63, 3.8) is 0 Å². The minimum Gasteiger partial charge on any atom is -0.512 e. The van der Waals surface area contributed by atoms with E-state index in [4.69, 9.17) is 5.53 Å². The smallest absolute Gasteiger partial charge is 0.337 e. The summed E-state index contributed by atoms with van der Waals surface area (Å²) in [6.45, 7) is 1.75. The van der Waals surface area contributed by atoms with E-state index in [9.17, 15) is 9.90 Å². The molecule has 0 radical (unpaired) electrons. The maximum atomic E-state index is 11.3. The molecule has 1 unspecified atom stereocenters. The number of hydrogen-bond acceptors (Lipinski definition) is 4. The van der Waals surface area contributed by atoms with Crippen LogP contribution in [0.4, 0.5) is 0 Å². The Bertz CT molecular complexity index is 358. The van der Waals surface area contributed by atoms with Gasteiger partial charge in [-0.25, -0.2) is 4.79 Å². The van der Waals surface area contributed by atoms with Gasteiger partial charge in [0.2, 0.25) is 0 Å². The van der Waals surface area contributed by atoms with Gasteiger partial charge in [0.15, 0.2) is 0 Å². The monoisotopic (exact) mass is 211 g/mol. The van der Waals surface area contributed by atoms with Gasteiger partial charge >= 0.3 is 5.97 Å². The maximum absolute atomic E-state index is 11.3. The lowest BCUT2D eigenvalue weighted by molar-refractivity contribution is -0.136. The lowest BCUT2D eigenvalue weighted by Crippen LogP contribution is -2.29. The van der Waals surface area contributed by atoms with E-state index in [0.29, 0.717) is 12.8 Å². The van der Waals surface area contributed by atoms with Crippen molar-refractivity contribution in [2.24, 2.45) is 5.11 Å². The molecule has 6 nitrogen and oxygen atoms in total. The highest BCUT2D eigenvalue weighted by atomic mass is 16.5. The third kappa shape index (κ3) is 2.41. The number of aliphatic hydroxyl groups is 1. The molecule has 1 rings (SSSR count). The number of carbonyl (C=O) groups is 1. The van der Waals surface area contributed by atoms with E-state index in [1.807, 2.05) is 0 Å². The second-order valence-electron chi connectivity index (χ2n) is 3.78. The third-order valence-electron chi connectivity index (χ3n) is 2.52. The highest BCUT2D eigenvalue weighted by Crippen LogP contribution is 2.34. The van der Waals surface area contributed by atoms with Gasteiger partial charge in [0.25, 0.3) is 0 Å². The van der Waals surface area contributed by atoms with Gasteiger partial charge < -0.3 is 9.84 Å². The lowest BCUT2D eigenvalue weighted by atomic mass is 9.83. The standard InChI is InChI=1S/C9H13N3O3/c1-9(11-12-10)4-3-7(13)6(5-9)8(14)15-2/h13H,3-5H2,1-2H3. The zero-order valence-electron chi connectivity index (χ0n) is 8.73. The zero-order valence-corrected chi connectivity index (χ0v) is 8.73. The normalized spacial score (nSPS) is 25.7. The highest BCUT2D eigenvalue weighted by Gasteiger charge is 2.33. The molecular formula is C9H13N3O3. The molecule has 0 bridgehead atoms. The van der Waals surface area contributed by atoms with Crippen LogP contribution in [0.3, 0.4) is 0 Å². The fourth-order valence-electron chi connectivity index (χ4n) is 1.62. The van der Waals surface area contributed by atoms with Crippen LogP contribution in [0.15, 0.2) is 16.4 Å². The van der Waals surface area contributed by atoms with Crippen LogP contribution in [0.2, 0.25) is 0 Å². The number of nitrogens with zero attached hydrogens (tertiary/aromatic N) is 3. The van der Waals surface area contributed by atoms with Gasteiger partial charge in [-0.1, -0.05) is 12.0 Å². The van der Waals surface area contributed by atoms with Crippen molar-refractivity contribution in [3.8, 4) is 0 Å². The predicted molar refractivity (Wildman–Crippen MR) is 53.1 cm³/mol. The van der Waals surface area contributed by atoms with Crippen LogP contribution in [0.5, 0.6) is 0 Å². The number of rotatable bonds is 2. The van der Waals surface area contributed by atoms with Crippen molar-refractivity contribution >= 4 is 5.97 Å². The molecule has 82 valence electrons. The average Bonchev–Trinajstić information content (AvgIpc) is 2.21. The van der Waals surface area contributed by atoms with Gasteiger partial charge in [-0.05, 0) is 18.4 Å². The molecule has 15 heavy (non-hydrogen) atoms. The Balaban J connectivity index is 2.96. The van der Waals surface area contributed by atoms with E-state index in [0.717, 1.165) is 0 Å². The molecule has 1 aliphatic rings. The first-order valence-electron chi connectivity index (χ1n) is 4.58. The summed E-state index contributed by atoms with van der Waals surface area (Å²) < 4.78 is 4.54. The largest absolute Gasteiger partial charge is 0.512 e. The Labute approximate surface area is 87.2 Å². The van der Waals surface area contributed by atoms with Crippen molar-refractivity contribution in [1.82, 2.24) is 0 Å². The van der Waals surface area contributed by atoms with Crippen LogP contribution in [0, 0.1) is 0 Å². The molecule has 0 fully saturated rings. The first kappa shape index (κ1) is 11.4. The number of hydrogen-bond donors (Lipinski definition) is 1. The van der Waals surface area contributed by atoms with E-state index >= 15 is 0 Å². The number of azide groups is 1. The number of carbonyl (C=O) groups excluding carboxylic acids is 1. The fraction of sp³-hybridized carbons (Fsp3) is 0.667. The summed E-state index contributed by atoms with van der Waals surface area (Å²) in [4.78, 5) is 14.0. The molecule has 0 aromatic rings. The first-order chi connectivity index (χ1) is 7.02. The van der Waals surface area contributed by atoms with Crippen molar-refractivity contribution < 1.29 is 14.6 Å². The minimum atomic E-state index is -0.648. The van der Waals surface area contributed by atoms with Gasteiger partial charge in [0.05, 0.1) is 18.2 Å². The van der Waals surface area contributed by atoms with Crippen LogP contribution < -0.4 is 0 Å². The molecule has 0 spiro atoms. The molecule has 6 heteroatoms. The lowest BCUT2D eigenvalue weighted by Gasteiger charge is -2.29. The highest BCUT2D eigenvalue weighted by molar-refractivity contribution is 5.89. The number of esters is 1. The summed E-state index contributed by atoms with van der Waals surface area (Å²) in [5.74, 6) is -0.529. The Hall–Kier alpha value is -1.68. The van der Waals surface area contributed by atoms with Gasteiger partial charge in [-0.2, -0.15) is 0 Å². The molecule has 0 aliphatic heterocycles. The molecule has 1 atom stereocenters. The fourth-order valence-corrected chi connectivity index (χ4v) is 1.62. The molecule has 0 aromatic carbocycles. The van der Waals surface area contributed by atoms with E-state index in [-0.39, 0.29) is 17.8 Å². The van der Waals surface area contributed by atoms with Gasteiger partial charge in [-0.3, -0.25) is 0 Å². The summed E-state index contributed by atoms with van der Waals surface area (Å²) in [6, 6.07) is 0. The average molecular weight is 211 g/mol. The Kier molecular flexibility index (Phi) is 3.21. The molecule has 0 aromatic heterocycles. The number of allylic oxidation sites excluding steroid dienone is 1. The molecule has 0 amide bonds. The third-order valence-corrected chi connectivity index (χ3v) is 2.52. The Morgan fingerprint density at radius 1 is 1.73 bits per heavy atom. The second-order valence-corrected chi connectivity index (χ2v) is 3.78. The second kappa shape index (κ2) is 4.23. The van der Waals surface area contributed by atoms with Crippen molar-refractivity contribution in [2.45, 2.75) is 31.7 Å². The summed E-state index contributed by atoms with van der Waals surface area (Å²) in [5, 5.41) is 13.2. The number of methoxy groups -OCH3 is 1. The van der Waals surface area contributed by atoms with Crippen molar-refractivity contribution in [2.75, 3.05) is 7.11 Å². The summed E-state index contributed by atoms with van der Waals surface area (Å²) >= 11 is 0. The van der Waals surface area contributed by atoms with Crippen LogP contribution in [-0.4, -0.2) is 23.7 Å². The maximum Gasteiger partial charge on any atom is 0.337 e. The first-order valence-corrected chi connectivity index (χ1v) is 4.58. The molecule has 0 saturated heterocycles. The van der Waals surface area contributed by atoms with Crippen LogP contribution in [0.1, 0.15) is 26.2 Å². The summed E-state index contributed by atoms with van der Waals surface area (Å²) in [7, 11) is 1.25. The van der Waals surface area contributed by atoms with E-state index in [1.54, 1.807) is 6.92 Å². The Morgan fingerprint density at radius 2 is 2.40 bits per heavy atom. The van der Waals surface area contributed by atoms with Gasteiger partial charge in [0, 0.05) is 11.3 Å². The Morgan fingerprint density at radius 3 is 2.93 bits per heavy atom. The summed E-state index contributed by atoms with van der Waals surface area (Å²) in [6.07, 6.45) is 1.08. The molecule has 1 aliphatic carbocycles. The molecule has 1 N–H and O–H groups in total. The number of aliphatic hydroxyl groups excluding tert-OH is 1. The predicted octanol–water partition coefficient (Wildman–Crippen LogP) is 2.22. The molecular weight excluding hydrogens is 198 g/mol. The van der Waals surface area contributed by atoms with Crippen molar-refractivity contribution in [1.29, 1.82) is 0 Å². The zero-order chi connectivity index (χ0) is 11.5. The van der Waals surface area contributed by atoms with E-state index in [1.165, 1.54) is 7.11 Å². The SMILES string of the molecule is COC(=O)C1=C(O)CCC(C)(N=[N+]=[N-])C1.